The summed E-state index contributed by atoms with van der Waals surface area (Å²) in [5.41, 5.74) is 0. The van der Waals surface area contributed by atoms with E-state index in [0.29, 0.717) is 0 Å². The molecule has 2 N–H and O–H groups in total. The van der Waals surface area contributed by atoms with Crippen molar-refractivity contribution in [2.45, 2.75) is 0 Å². The van der Waals surface area contributed by atoms with Gasteiger partial charge in [0.1, 0.15) is 0 Å². The Bertz CT molecular complexity index is 125. The minimum Gasteiger partial charge on any atom is -0.472 e. The van der Waals surface area contributed by atoms with E-state index in [9.17, 15) is 4.79 Å². The predicted octanol–water partition coefficient (Wildman–Crippen LogP) is 0.218. The normalized spacial score (nSPS) is 20.8. The lowest BCUT2D eigenvalue weighted by Gasteiger charge is -2.23. The Kier molecular flexibility index (Phi) is 2.98. The SMILES string of the molecule is O=C(O)SN1CCNCC1. The van der Waals surface area contributed by atoms with Crippen LogP contribution in [-0.2, 0) is 0 Å². The van der Waals surface area contributed by atoms with Crippen molar-refractivity contribution in [3.8, 4) is 0 Å². The highest BCUT2D eigenvalue weighted by atomic mass is 32.2. The van der Waals surface area contributed by atoms with E-state index in [2.05, 4.69) is 5.32 Å². The second-order valence-electron chi connectivity index (χ2n) is 2.04. The molecule has 0 bridgehead atoms. The number of hydrogen-bond acceptors (Lipinski definition) is 4. The molecule has 1 heterocycles. The van der Waals surface area contributed by atoms with Crippen LogP contribution in [0.2, 0.25) is 0 Å². The maximum absolute atomic E-state index is 10.2. The summed E-state index contributed by atoms with van der Waals surface area (Å²) in [7, 11) is 0. The van der Waals surface area contributed by atoms with Crippen molar-refractivity contribution in [2.75, 3.05) is 26.2 Å². The molecular formula is C5H10N2O2S. The number of carboxylic acid groups (broad SMARTS) is 1. The van der Waals surface area contributed by atoms with Crippen LogP contribution in [-0.4, -0.2) is 40.9 Å². The van der Waals surface area contributed by atoms with Crippen LogP contribution in [0.5, 0.6) is 0 Å². The largest absolute Gasteiger partial charge is 0.472 e. The van der Waals surface area contributed by atoms with Crippen LogP contribution in [0.3, 0.4) is 0 Å². The second kappa shape index (κ2) is 3.80. The van der Waals surface area contributed by atoms with Gasteiger partial charge in [0.15, 0.2) is 0 Å². The maximum atomic E-state index is 10.2. The van der Waals surface area contributed by atoms with Crippen LogP contribution in [0.15, 0.2) is 0 Å². The van der Waals surface area contributed by atoms with E-state index in [1.54, 1.807) is 0 Å². The summed E-state index contributed by atoms with van der Waals surface area (Å²) >= 11 is 0.885. The van der Waals surface area contributed by atoms with Crippen LogP contribution < -0.4 is 5.32 Å². The average molecular weight is 162 g/mol. The van der Waals surface area contributed by atoms with Gasteiger partial charge in [0.05, 0.1) is 0 Å². The molecule has 5 heteroatoms. The van der Waals surface area contributed by atoms with Crippen molar-refractivity contribution in [3.63, 3.8) is 0 Å². The molecule has 58 valence electrons. The number of nitrogens with one attached hydrogen (secondary N) is 1. The molecule has 0 spiro atoms. The molecule has 1 rings (SSSR count). The summed E-state index contributed by atoms with van der Waals surface area (Å²) in [4.78, 5) is 10.2. The Morgan fingerprint density at radius 3 is 2.60 bits per heavy atom. The number of hydrogen-bond donors (Lipinski definition) is 2. The van der Waals surface area contributed by atoms with Crippen molar-refractivity contribution < 1.29 is 9.90 Å². The highest BCUT2D eigenvalue weighted by Crippen LogP contribution is 2.09. The van der Waals surface area contributed by atoms with Gasteiger partial charge >= 0.3 is 5.30 Å². The minimum absolute atomic E-state index is 0.816. The first-order chi connectivity index (χ1) is 4.79. The molecule has 0 aliphatic carbocycles. The van der Waals surface area contributed by atoms with Crippen molar-refractivity contribution in [2.24, 2.45) is 0 Å². The Morgan fingerprint density at radius 2 is 2.10 bits per heavy atom. The monoisotopic (exact) mass is 162 g/mol. The Balaban J connectivity index is 2.19. The first-order valence-electron chi connectivity index (χ1n) is 3.15. The summed E-state index contributed by atoms with van der Waals surface area (Å²) in [6.07, 6.45) is 0. The lowest BCUT2D eigenvalue weighted by atomic mass is 10.4. The molecule has 0 aromatic rings. The van der Waals surface area contributed by atoms with Gasteiger partial charge in [-0.05, 0) is 0 Å². The van der Waals surface area contributed by atoms with Crippen LogP contribution in [0.1, 0.15) is 0 Å². The zero-order valence-corrected chi connectivity index (χ0v) is 6.36. The van der Waals surface area contributed by atoms with Gasteiger partial charge in [0.25, 0.3) is 0 Å². The number of rotatable bonds is 1. The lowest BCUT2D eigenvalue weighted by molar-refractivity contribution is 0.220. The number of piperazine rings is 1. The van der Waals surface area contributed by atoms with Gasteiger partial charge in [-0.25, -0.2) is 9.10 Å². The minimum atomic E-state index is -0.818. The van der Waals surface area contributed by atoms with Gasteiger partial charge in [-0.2, -0.15) is 0 Å². The molecule has 1 aliphatic heterocycles. The summed E-state index contributed by atoms with van der Waals surface area (Å²) in [5.74, 6) is 0. The fraction of sp³-hybridized carbons (Fsp3) is 0.800. The third kappa shape index (κ3) is 2.55. The third-order valence-corrected chi connectivity index (χ3v) is 2.06. The average Bonchev–Trinajstić information content (AvgIpc) is 1.88. The molecule has 10 heavy (non-hydrogen) atoms. The molecule has 1 fully saturated rings. The number of nitrogens with zero attached hydrogens (tertiary/aromatic N) is 1. The topological polar surface area (TPSA) is 52.6 Å². The second-order valence-corrected chi connectivity index (χ2v) is 3.08. The van der Waals surface area contributed by atoms with Crippen molar-refractivity contribution in [1.29, 1.82) is 0 Å². The van der Waals surface area contributed by atoms with Gasteiger partial charge in [0, 0.05) is 38.1 Å². The summed E-state index contributed by atoms with van der Waals surface area (Å²) in [6.45, 7) is 3.41. The molecule has 0 amide bonds. The molecule has 0 aromatic heterocycles. The van der Waals surface area contributed by atoms with Crippen molar-refractivity contribution >= 4 is 17.2 Å². The standard InChI is InChI=1S/C5H10N2O2S/c8-5(9)10-7-3-1-6-2-4-7/h6H,1-4H2,(H,8,9). The first kappa shape index (κ1) is 7.84. The van der Waals surface area contributed by atoms with Crippen molar-refractivity contribution in [3.05, 3.63) is 0 Å². The first-order valence-corrected chi connectivity index (χ1v) is 3.93. The van der Waals surface area contributed by atoms with E-state index in [0.717, 1.165) is 38.1 Å². The molecule has 4 nitrogen and oxygen atoms in total. The molecular weight excluding hydrogens is 152 g/mol. The van der Waals surface area contributed by atoms with Crippen LogP contribution in [0.4, 0.5) is 4.79 Å². The smallest absolute Gasteiger partial charge is 0.380 e. The zero-order chi connectivity index (χ0) is 7.40. The third-order valence-electron chi connectivity index (χ3n) is 1.28. The lowest BCUT2D eigenvalue weighted by Crippen LogP contribution is -2.40. The molecule has 0 unspecified atom stereocenters. The van der Waals surface area contributed by atoms with Gasteiger partial charge in [-0.3, -0.25) is 0 Å². The molecule has 1 saturated heterocycles. The summed E-state index contributed by atoms with van der Waals surface area (Å²) in [5, 5.41) is 10.7. The predicted molar refractivity (Wildman–Crippen MR) is 40.1 cm³/mol. The fourth-order valence-electron chi connectivity index (χ4n) is 0.846. The Labute approximate surface area is 63.7 Å². The van der Waals surface area contributed by atoms with E-state index in [1.165, 1.54) is 0 Å². The Morgan fingerprint density at radius 1 is 1.50 bits per heavy atom. The summed E-state index contributed by atoms with van der Waals surface area (Å²) < 4.78 is 1.85. The van der Waals surface area contributed by atoms with Crippen LogP contribution in [0.25, 0.3) is 0 Å². The molecule has 0 aromatic carbocycles. The highest BCUT2D eigenvalue weighted by molar-refractivity contribution is 8.11. The molecule has 0 radical (unpaired) electrons. The van der Waals surface area contributed by atoms with Gasteiger partial charge in [0.2, 0.25) is 0 Å². The van der Waals surface area contributed by atoms with Gasteiger partial charge in [-0.15, -0.1) is 0 Å². The Hall–Kier alpha value is -0.260. The molecule has 0 atom stereocenters. The van der Waals surface area contributed by atoms with Crippen LogP contribution in [0, 0.1) is 0 Å². The maximum Gasteiger partial charge on any atom is 0.380 e. The summed E-state index contributed by atoms with van der Waals surface area (Å²) in [6, 6.07) is 0. The quantitative estimate of drug-likeness (QED) is 0.540. The van der Waals surface area contributed by atoms with Crippen molar-refractivity contribution in [1.82, 2.24) is 9.62 Å². The van der Waals surface area contributed by atoms with E-state index in [1.807, 2.05) is 4.31 Å². The van der Waals surface area contributed by atoms with E-state index in [4.69, 9.17) is 5.11 Å². The fourth-order valence-corrected chi connectivity index (χ4v) is 1.43. The molecule has 0 saturated carbocycles. The van der Waals surface area contributed by atoms with E-state index < -0.39 is 5.30 Å². The van der Waals surface area contributed by atoms with E-state index in [-0.39, 0.29) is 0 Å². The number of carbonyl (C=O) groups is 1. The molecule has 1 aliphatic rings. The van der Waals surface area contributed by atoms with Gasteiger partial charge < -0.3 is 10.4 Å². The van der Waals surface area contributed by atoms with Gasteiger partial charge in [-0.1, -0.05) is 0 Å². The zero-order valence-electron chi connectivity index (χ0n) is 5.54. The van der Waals surface area contributed by atoms with E-state index >= 15 is 0 Å². The van der Waals surface area contributed by atoms with Crippen LogP contribution >= 0.6 is 11.9 Å². The highest BCUT2D eigenvalue weighted by Gasteiger charge is 2.12.